The van der Waals surface area contributed by atoms with Crippen LogP contribution in [0, 0.1) is 0 Å². The molecule has 0 unspecified atom stereocenters. The topological polar surface area (TPSA) is 54.2 Å². The highest BCUT2D eigenvalue weighted by Gasteiger charge is 1.98. The van der Waals surface area contributed by atoms with Gasteiger partial charge < -0.3 is 10.6 Å². The van der Waals surface area contributed by atoms with E-state index in [2.05, 4.69) is 27.0 Å². The fraction of sp³-hybridized carbons (Fsp3) is 0.636. The highest BCUT2D eigenvalue weighted by atomic mass is 32.2. The zero-order valence-electron chi connectivity index (χ0n) is 10.7. The molecule has 0 aliphatic carbocycles. The molecule has 6 heteroatoms. The van der Waals surface area contributed by atoms with Crippen LogP contribution in [0.25, 0.3) is 0 Å². The van der Waals surface area contributed by atoms with Gasteiger partial charge in [0.1, 0.15) is 0 Å². The van der Waals surface area contributed by atoms with Crippen LogP contribution in [-0.2, 0) is 13.5 Å². The zero-order chi connectivity index (χ0) is 12.5. The summed E-state index contributed by atoms with van der Waals surface area (Å²) >= 11 is 1.82. The number of nitrogens with zero attached hydrogens (tertiary/aromatic N) is 3. The SMILES string of the molecule is CN=C(NCCSC)NCCc1cnn(C)c1. The summed E-state index contributed by atoms with van der Waals surface area (Å²) in [5, 5.41) is 10.7. The maximum atomic E-state index is 4.16. The number of aliphatic imine (C=N–C) groups is 1. The van der Waals surface area contributed by atoms with Crippen molar-refractivity contribution in [3.05, 3.63) is 18.0 Å². The molecule has 1 rings (SSSR count). The summed E-state index contributed by atoms with van der Waals surface area (Å²) in [4.78, 5) is 4.16. The van der Waals surface area contributed by atoms with Gasteiger partial charge in [-0.25, -0.2) is 0 Å². The molecule has 17 heavy (non-hydrogen) atoms. The van der Waals surface area contributed by atoms with Crippen molar-refractivity contribution in [2.45, 2.75) is 6.42 Å². The van der Waals surface area contributed by atoms with Crippen molar-refractivity contribution in [2.24, 2.45) is 12.0 Å². The Balaban J connectivity index is 2.19. The lowest BCUT2D eigenvalue weighted by Gasteiger charge is -2.10. The maximum absolute atomic E-state index is 4.16. The Morgan fingerprint density at radius 3 is 2.82 bits per heavy atom. The first kappa shape index (κ1) is 13.9. The second-order valence-corrected chi connectivity index (χ2v) is 4.68. The lowest BCUT2D eigenvalue weighted by Crippen LogP contribution is -2.39. The fourth-order valence-electron chi connectivity index (χ4n) is 1.42. The van der Waals surface area contributed by atoms with E-state index < -0.39 is 0 Å². The van der Waals surface area contributed by atoms with Gasteiger partial charge in [0.2, 0.25) is 0 Å². The number of aryl methyl sites for hydroxylation is 1. The van der Waals surface area contributed by atoms with E-state index in [-0.39, 0.29) is 0 Å². The summed E-state index contributed by atoms with van der Waals surface area (Å²) in [6.07, 6.45) is 6.98. The van der Waals surface area contributed by atoms with Crippen molar-refractivity contribution in [1.82, 2.24) is 20.4 Å². The minimum atomic E-state index is 0.864. The molecular formula is C11H21N5S. The van der Waals surface area contributed by atoms with E-state index in [1.807, 2.05) is 35.9 Å². The minimum absolute atomic E-state index is 0.864. The number of hydrogen-bond acceptors (Lipinski definition) is 3. The smallest absolute Gasteiger partial charge is 0.191 e. The number of guanidine groups is 1. The first-order chi connectivity index (χ1) is 8.26. The molecule has 0 atom stereocenters. The molecule has 0 aliphatic rings. The van der Waals surface area contributed by atoms with E-state index in [0.29, 0.717) is 0 Å². The Morgan fingerprint density at radius 2 is 2.24 bits per heavy atom. The highest BCUT2D eigenvalue weighted by Crippen LogP contribution is 1.95. The molecule has 1 aromatic heterocycles. The summed E-state index contributed by atoms with van der Waals surface area (Å²) in [5.41, 5.74) is 1.24. The van der Waals surface area contributed by atoms with Crippen molar-refractivity contribution in [1.29, 1.82) is 0 Å². The average Bonchev–Trinajstić information content (AvgIpc) is 2.73. The Labute approximate surface area is 107 Å². The summed E-state index contributed by atoms with van der Waals surface area (Å²) < 4.78 is 1.82. The normalized spacial score (nSPS) is 11.6. The molecule has 1 heterocycles. The van der Waals surface area contributed by atoms with Gasteiger partial charge in [0, 0.05) is 39.1 Å². The lowest BCUT2D eigenvalue weighted by molar-refractivity contribution is 0.765. The third kappa shape index (κ3) is 5.63. The summed E-state index contributed by atoms with van der Waals surface area (Å²) in [6.45, 7) is 1.80. The molecule has 0 bridgehead atoms. The van der Waals surface area contributed by atoms with Crippen molar-refractivity contribution >= 4 is 17.7 Å². The standard InChI is InChI=1S/C11H21N5S/c1-12-11(14-6-7-17-3)13-5-4-10-8-15-16(2)9-10/h8-9H,4-7H2,1-3H3,(H2,12,13,14). The molecule has 0 spiro atoms. The molecule has 2 N–H and O–H groups in total. The fourth-order valence-corrected chi connectivity index (χ4v) is 1.72. The molecular weight excluding hydrogens is 234 g/mol. The van der Waals surface area contributed by atoms with Gasteiger partial charge in [-0.05, 0) is 18.2 Å². The Hall–Kier alpha value is -1.17. The van der Waals surface area contributed by atoms with Crippen LogP contribution >= 0.6 is 11.8 Å². The number of hydrogen-bond donors (Lipinski definition) is 2. The average molecular weight is 255 g/mol. The predicted molar refractivity (Wildman–Crippen MR) is 74.7 cm³/mol. The third-order valence-corrected chi connectivity index (χ3v) is 2.90. The predicted octanol–water partition coefficient (Wildman–Crippen LogP) is 0.491. The van der Waals surface area contributed by atoms with Gasteiger partial charge >= 0.3 is 0 Å². The van der Waals surface area contributed by atoms with Crippen LogP contribution in [0.3, 0.4) is 0 Å². The number of thioether (sulfide) groups is 1. The quantitative estimate of drug-likeness (QED) is 0.441. The van der Waals surface area contributed by atoms with Gasteiger partial charge in [0.05, 0.1) is 6.20 Å². The van der Waals surface area contributed by atoms with E-state index in [9.17, 15) is 0 Å². The van der Waals surface area contributed by atoms with Crippen molar-refractivity contribution < 1.29 is 0 Å². The van der Waals surface area contributed by atoms with E-state index in [0.717, 1.165) is 31.2 Å². The van der Waals surface area contributed by atoms with Crippen LogP contribution in [0.2, 0.25) is 0 Å². The second kappa shape index (κ2) is 8.00. The number of nitrogens with one attached hydrogen (secondary N) is 2. The van der Waals surface area contributed by atoms with Gasteiger partial charge in [-0.15, -0.1) is 0 Å². The van der Waals surface area contributed by atoms with Gasteiger partial charge in [0.25, 0.3) is 0 Å². The molecule has 0 saturated heterocycles. The first-order valence-corrected chi connectivity index (χ1v) is 7.06. The Morgan fingerprint density at radius 1 is 1.47 bits per heavy atom. The molecule has 96 valence electrons. The third-order valence-electron chi connectivity index (χ3n) is 2.29. The minimum Gasteiger partial charge on any atom is -0.356 e. The Kier molecular flexibility index (Phi) is 6.54. The molecule has 0 aromatic carbocycles. The highest BCUT2D eigenvalue weighted by molar-refractivity contribution is 7.98. The van der Waals surface area contributed by atoms with Crippen LogP contribution in [0.5, 0.6) is 0 Å². The molecule has 0 saturated carbocycles. The van der Waals surface area contributed by atoms with Crippen molar-refractivity contribution in [3.63, 3.8) is 0 Å². The van der Waals surface area contributed by atoms with E-state index in [4.69, 9.17) is 0 Å². The monoisotopic (exact) mass is 255 g/mol. The zero-order valence-corrected chi connectivity index (χ0v) is 11.5. The molecule has 5 nitrogen and oxygen atoms in total. The van der Waals surface area contributed by atoms with Crippen molar-refractivity contribution in [2.75, 3.05) is 32.1 Å². The number of rotatable bonds is 6. The second-order valence-electron chi connectivity index (χ2n) is 3.69. The Bertz CT molecular complexity index is 347. The van der Waals surface area contributed by atoms with Gasteiger partial charge in [-0.2, -0.15) is 16.9 Å². The van der Waals surface area contributed by atoms with E-state index in [1.54, 1.807) is 7.05 Å². The van der Waals surface area contributed by atoms with Crippen LogP contribution in [-0.4, -0.2) is 47.9 Å². The first-order valence-electron chi connectivity index (χ1n) is 5.67. The lowest BCUT2D eigenvalue weighted by atomic mass is 10.2. The molecule has 0 aliphatic heterocycles. The maximum Gasteiger partial charge on any atom is 0.191 e. The van der Waals surface area contributed by atoms with E-state index in [1.165, 1.54) is 5.56 Å². The van der Waals surface area contributed by atoms with Crippen molar-refractivity contribution in [3.8, 4) is 0 Å². The van der Waals surface area contributed by atoms with Gasteiger partial charge in [0.15, 0.2) is 5.96 Å². The largest absolute Gasteiger partial charge is 0.356 e. The summed E-state index contributed by atoms with van der Waals surface area (Å²) in [5.74, 6) is 1.95. The summed E-state index contributed by atoms with van der Waals surface area (Å²) in [6, 6.07) is 0. The van der Waals surface area contributed by atoms with Gasteiger partial charge in [-0.3, -0.25) is 9.67 Å². The van der Waals surface area contributed by atoms with Gasteiger partial charge in [-0.1, -0.05) is 0 Å². The molecule has 0 fully saturated rings. The number of aromatic nitrogens is 2. The van der Waals surface area contributed by atoms with Crippen LogP contribution in [0.15, 0.2) is 17.4 Å². The van der Waals surface area contributed by atoms with Crippen LogP contribution < -0.4 is 10.6 Å². The molecule has 0 amide bonds. The van der Waals surface area contributed by atoms with Crippen LogP contribution in [0.1, 0.15) is 5.56 Å². The van der Waals surface area contributed by atoms with Crippen LogP contribution in [0.4, 0.5) is 0 Å². The van der Waals surface area contributed by atoms with E-state index >= 15 is 0 Å². The molecule has 1 aromatic rings. The summed E-state index contributed by atoms with van der Waals surface area (Å²) in [7, 11) is 3.72. The molecule has 0 radical (unpaired) electrons.